The maximum Gasteiger partial charge on any atom is 0.0595 e. The minimum Gasteiger partial charge on any atom is -0.327 e. The fourth-order valence-corrected chi connectivity index (χ4v) is 1.97. The quantitative estimate of drug-likeness (QED) is 0.846. The third kappa shape index (κ3) is 4.87. The van der Waals surface area contributed by atoms with Gasteiger partial charge in [-0.05, 0) is 42.4 Å². The van der Waals surface area contributed by atoms with Crippen molar-refractivity contribution in [2.45, 2.75) is 46.1 Å². The van der Waals surface area contributed by atoms with Crippen LogP contribution >= 0.6 is 23.2 Å². The lowest BCUT2D eigenvalue weighted by molar-refractivity contribution is 0.301. The maximum atomic E-state index is 6.12. The first-order valence-corrected chi connectivity index (χ1v) is 6.76. The van der Waals surface area contributed by atoms with Gasteiger partial charge in [0.2, 0.25) is 0 Å². The fraction of sp³-hybridized carbons (Fsp3) is 0.571. The number of hydrogen-bond donors (Lipinski definition) is 1. The molecule has 17 heavy (non-hydrogen) atoms. The van der Waals surface area contributed by atoms with Gasteiger partial charge in [-0.15, -0.1) is 0 Å². The maximum absolute atomic E-state index is 6.12. The summed E-state index contributed by atoms with van der Waals surface area (Å²) in [5.41, 5.74) is 7.52. The number of aryl methyl sites for hydroxylation is 1. The first-order chi connectivity index (χ1) is 7.80. The molecule has 3 heteroatoms. The van der Waals surface area contributed by atoms with E-state index < -0.39 is 0 Å². The van der Waals surface area contributed by atoms with Crippen LogP contribution in [0.15, 0.2) is 18.2 Å². The average molecular weight is 274 g/mol. The van der Waals surface area contributed by atoms with E-state index in [1.54, 1.807) is 0 Å². The third-order valence-electron chi connectivity index (χ3n) is 3.08. The summed E-state index contributed by atoms with van der Waals surface area (Å²) in [6, 6.07) is 6.05. The highest BCUT2D eigenvalue weighted by atomic mass is 35.5. The van der Waals surface area contributed by atoms with Gasteiger partial charge >= 0.3 is 0 Å². The molecule has 0 amide bonds. The molecule has 0 aromatic heterocycles. The first kappa shape index (κ1) is 14.8. The van der Waals surface area contributed by atoms with Gasteiger partial charge in [-0.25, -0.2) is 0 Å². The Hall–Kier alpha value is -0.240. The van der Waals surface area contributed by atoms with E-state index in [9.17, 15) is 0 Å². The molecule has 0 saturated heterocycles. The van der Waals surface area contributed by atoms with E-state index in [2.05, 4.69) is 20.8 Å². The van der Waals surface area contributed by atoms with Crippen molar-refractivity contribution >= 4 is 23.2 Å². The highest BCUT2D eigenvalue weighted by Crippen LogP contribution is 2.25. The van der Waals surface area contributed by atoms with Crippen LogP contribution in [-0.4, -0.2) is 6.04 Å². The Morgan fingerprint density at radius 2 is 1.82 bits per heavy atom. The van der Waals surface area contributed by atoms with Crippen LogP contribution in [0.5, 0.6) is 0 Å². The summed E-state index contributed by atoms with van der Waals surface area (Å²) < 4.78 is 0. The molecule has 0 bridgehead atoms. The molecular weight excluding hydrogens is 253 g/mol. The van der Waals surface area contributed by atoms with Gasteiger partial charge < -0.3 is 5.73 Å². The molecule has 1 aromatic rings. The van der Waals surface area contributed by atoms with Gasteiger partial charge in [0.15, 0.2) is 0 Å². The summed E-state index contributed by atoms with van der Waals surface area (Å²) in [4.78, 5) is 0. The number of benzene rings is 1. The van der Waals surface area contributed by atoms with E-state index in [0.717, 1.165) is 19.3 Å². The molecule has 0 radical (unpaired) electrons. The van der Waals surface area contributed by atoms with Crippen LogP contribution in [0.25, 0.3) is 0 Å². The molecular formula is C14H21Cl2N. The van der Waals surface area contributed by atoms with Crippen molar-refractivity contribution in [3.05, 3.63) is 33.8 Å². The van der Waals surface area contributed by atoms with Gasteiger partial charge in [-0.1, -0.05) is 50.0 Å². The van der Waals surface area contributed by atoms with Gasteiger partial charge in [0.25, 0.3) is 0 Å². The van der Waals surface area contributed by atoms with E-state index in [0.29, 0.717) is 10.0 Å². The monoisotopic (exact) mass is 273 g/mol. The Labute approximate surface area is 114 Å². The van der Waals surface area contributed by atoms with Gasteiger partial charge in [0, 0.05) is 6.04 Å². The summed E-state index contributed by atoms with van der Waals surface area (Å²) in [5, 5.41) is 1.24. The number of rotatable bonds is 4. The smallest absolute Gasteiger partial charge is 0.0595 e. The summed E-state index contributed by atoms with van der Waals surface area (Å²) >= 11 is 11.8. The van der Waals surface area contributed by atoms with Crippen molar-refractivity contribution in [3.63, 3.8) is 0 Å². The second-order valence-corrected chi connectivity index (χ2v) is 6.43. The van der Waals surface area contributed by atoms with Crippen LogP contribution in [0.1, 0.15) is 39.2 Å². The molecule has 0 fully saturated rings. The van der Waals surface area contributed by atoms with Crippen LogP contribution in [0.2, 0.25) is 10.0 Å². The van der Waals surface area contributed by atoms with Gasteiger partial charge in [-0.3, -0.25) is 0 Å². The minimum absolute atomic E-state index is 0.178. The van der Waals surface area contributed by atoms with Crippen molar-refractivity contribution in [3.8, 4) is 0 Å². The van der Waals surface area contributed by atoms with Gasteiger partial charge in [0.1, 0.15) is 0 Å². The zero-order chi connectivity index (χ0) is 13.1. The summed E-state index contributed by atoms with van der Waals surface area (Å²) in [7, 11) is 0. The van der Waals surface area contributed by atoms with Crippen LogP contribution in [0, 0.1) is 5.41 Å². The molecule has 1 nitrogen and oxygen atoms in total. The molecule has 1 unspecified atom stereocenters. The highest BCUT2D eigenvalue weighted by Gasteiger charge is 2.19. The summed E-state index contributed by atoms with van der Waals surface area (Å²) in [6.07, 6.45) is 3.11. The molecule has 0 spiro atoms. The molecule has 96 valence electrons. The van der Waals surface area contributed by atoms with E-state index in [1.165, 1.54) is 5.56 Å². The largest absolute Gasteiger partial charge is 0.327 e. The Morgan fingerprint density at radius 3 is 2.35 bits per heavy atom. The molecule has 0 aliphatic heterocycles. The van der Waals surface area contributed by atoms with Crippen molar-refractivity contribution in [1.82, 2.24) is 0 Å². The number of hydrogen-bond acceptors (Lipinski definition) is 1. The Bertz CT molecular complexity index is 369. The number of halogens is 2. The summed E-state index contributed by atoms with van der Waals surface area (Å²) in [5.74, 6) is 0. The topological polar surface area (TPSA) is 26.0 Å². The third-order valence-corrected chi connectivity index (χ3v) is 3.82. The highest BCUT2D eigenvalue weighted by molar-refractivity contribution is 6.42. The standard InChI is InChI=1S/C14H21Cl2N/c1-14(2,3)13(17)6-4-5-10-7-8-11(15)12(16)9-10/h7-9,13H,4-6,17H2,1-3H3. The Kier molecular flexibility index (Phi) is 5.30. The second kappa shape index (κ2) is 6.08. The zero-order valence-electron chi connectivity index (χ0n) is 10.8. The molecule has 0 saturated carbocycles. The molecule has 1 rings (SSSR count). The molecule has 2 N–H and O–H groups in total. The van der Waals surface area contributed by atoms with Crippen molar-refractivity contribution < 1.29 is 0 Å². The zero-order valence-corrected chi connectivity index (χ0v) is 12.3. The first-order valence-electron chi connectivity index (χ1n) is 6.00. The lowest BCUT2D eigenvalue weighted by atomic mass is 9.84. The average Bonchev–Trinajstić information content (AvgIpc) is 2.22. The van der Waals surface area contributed by atoms with Crippen LogP contribution in [-0.2, 0) is 6.42 Å². The molecule has 0 aliphatic carbocycles. The predicted molar refractivity (Wildman–Crippen MR) is 76.8 cm³/mol. The lowest BCUT2D eigenvalue weighted by Crippen LogP contribution is -2.34. The minimum atomic E-state index is 0.178. The fourth-order valence-electron chi connectivity index (χ4n) is 1.65. The second-order valence-electron chi connectivity index (χ2n) is 5.61. The van der Waals surface area contributed by atoms with Crippen molar-refractivity contribution in [1.29, 1.82) is 0 Å². The molecule has 1 atom stereocenters. The Morgan fingerprint density at radius 1 is 1.18 bits per heavy atom. The Balaban J connectivity index is 2.44. The van der Waals surface area contributed by atoms with Crippen LogP contribution in [0.4, 0.5) is 0 Å². The van der Waals surface area contributed by atoms with Gasteiger partial charge in [-0.2, -0.15) is 0 Å². The van der Waals surface area contributed by atoms with E-state index in [1.807, 2.05) is 18.2 Å². The molecule has 0 heterocycles. The van der Waals surface area contributed by atoms with Crippen LogP contribution < -0.4 is 5.73 Å². The van der Waals surface area contributed by atoms with Crippen LogP contribution in [0.3, 0.4) is 0 Å². The van der Waals surface area contributed by atoms with Crippen molar-refractivity contribution in [2.24, 2.45) is 11.1 Å². The summed E-state index contributed by atoms with van der Waals surface area (Å²) in [6.45, 7) is 6.53. The SMILES string of the molecule is CC(C)(C)C(N)CCCc1ccc(Cl)c(Cl)c1. The molecule has 1 aromatic carbocycles. The van der Waals surface area contributed by atoms with Gasteiger partial charge in [0.05, 0.1) is 10.0 Å². The molecule has 0 aliphatic rings. The van der Waals surface area contributed by atoms with E-state index in [-0.39, 0.29) is 11.5 Å². The van der Waals surface area contributed by atoms with Crippen molar-refractivity contribution in [2.75, 3.05) is 0 Å². The van der Waals surface area contributed by atoms with E-state index in [4.69, 9.17) is 28.9 Å². The van der Waals surface area contributed by atoms with E-state index >= 15 is 0 Å². The lowest BCUT2D eigenvalue weighted by Gasteiger charge is -2.26. The predicted octanol–water partition coefficient (Wildman–Crippen LogP) is 4.69. The number of nitrogens with two attached hydrogens (primary N) is 1. The normalized spacial score (nSPS) is 13.8.